The van der Waals surface area contributed by atoms with Crippen molar-refractivity contribution in [3.63, 3.8) is 0 Å². The zero-order valence-electron chi connectivity index (χ0n) is 15.4. The molecule has 152 valence electrons. The highest BCUT2D eigenvalue weighted by atomic mass is 35.5. The van der Waals surface area contributed by atoms with Crippen LogP contribution in [0.3, 0.4) is 0 Å². The number of carbonyl (C=O) groups excluding carboxylic acids is 3. The van der Waals surface area contributed by atoms with E-state index in [-0.39, 0.29) is 0 Å². The minimum Gasteiger partial charge on any atom is -0.465 e. The summed E-state index contributed by atoms with van der Waals surface area (Å²) in [4.78, 5) is 37.5. The summed E-state index contributed by atoms with van der Waals surface area (Å²) in [7, 11) is 1.28. The van der Waals surface area contributed by atoms with Gasteiger partial charge in [0.15, 0.2) is 0 Å². The topological polar surface area (TPSA) is 96.9 Å². The van der Waals surface area contributed by atoms with Crippen LogP contribution in [0.1, 0.15) is 39.2 Å². The van der Waals surface area contributed by atoms with Gasteiger partial charge in [-0.05, 0) is 48.9 Å². The van der Waals surface area contributed by atoms with E-state index in [0.717, 1.165) is 36.1 Å². The average molecular weight is 454 g/mol. The highest BCUT2D eigenvalue weighted by Crippen LogP contribution is 2.38. The van der Waals surface area contributed by atoms with Crippen LogP contribution in [-0.2, 0) is 27.2 Å². The van der Waals surface area contributed by atoms with Gasteiger partial charge in [-0.15, -0.1) is 11.3 Å². The minimum absolute atomic E-state index is 0.317. The zero-order chi connectivity index (χ0) is 21.0. The molecule has 0 unspecified atom stereocenters. The number of hydrazone groups is 1. The number of carbonyl (C=O) groups is 3. The van der Waals surface area contributed by atoms with E-state index in [9.17, 15) is 14.4 Å². The molecule has 2 amide bonds. The molecule has 2 aromatic rings. The molecule has 1 aromatic heterocycles. The van der Waals surface area contributed by atoms with Crippen molar-refractivity contribution < 1.29 is 19.1 Å². The fourth-order valence-electron chi connectivity index (χ4n) is 2.94. The van der Waals surface area contributed by atoms with E-state index in [2.05, 4.69) is 15.8 Å². The zero-order valence-corrected chi connectivity index (χ0v) is 17.7. The maximum Gasteiger partial charge on any atom is 0.341 e. The first-order chi connectivity index (χ1) is 13.9. The molecule has 0 saturated carbocycles. The largest absolute Gasteiger partial charge is 0.465 e. The Bertz CT molecular complexity index is 1000. The predicted molar refractivity (Wildman–Crippen MR) is 113 cm³/mol. The fraction of sp³-hybridized carbons (Fsp3) is 0.263. The summed E-state index contributed by atoms with van der Waals surface area (Å²) >= 11 is 13.0. The van der Waals surface area contributed by atoms with E-state index >= 15 is 0 Å². The van der Waals surface area contributed by atoms with E-state index in [1.54, 1.807) is 18.2 Å². The Balaban J connectivity index is 1.69. The van der Waals surface area contributed by atoms with E-state index < -0.39 is 17.8 Å². The van der Waals surface area contributed by atoms with Gasteiger partial charge in [-0.3, -0.25) is 9.59 Å². The van der Waals surface area contributed by atoms with Crippen LogP contribution in [0.4, 0.5) is 5.00 Å². The number of methoxy groups -OCH3 is 1. The van der Waals surface area contributed by atoms with Gasteiger partial charge < -0.3 is 10.1 Å². The number of ether oxygens (including phenoxy) is 1. The molecule has 1 aliphatic carbocycles. The summed E-state index contributed by atoms with van der Waals surface area (Å²) < 4.78 is 4.85. The number of hydrogen-bond donors (Lipinski definition) is 2. The molecule has 0 saturated heterocycles. The van der Waals surface area contributed by atoms with Gasteiger partial charge in [0.25, 0.3) is 0 Å². The molecule has 0 bridgehead atoms. The number of thiophene rings is 1. The Kier molecular flexibility index (Phi) is 6.89. The SMILES string of the molecule is COC(=O)c1c(NC(=O)C(=O)N/N=C\c2ccc(Cl)c(Cl)c2)sc2c1CCCC2. The summed E-state index contributed by atoms with van der Waals surface area (Å²) in [5.74, 6) is -2.43. The Labute approximate surface area is 181 Å². The molecule has 0 spiro atoms. The minimum atomic E-state index is -0.969. The highest BCUT2D eigenvalue weighted by molar-refractivity contribution is 7.17. The predicted octanol–water partition coefficient (Wildman–Crippen LogP) is 3.81. The summed E-state index contributed by atoms with van der Waals surface area (Å²) in [5.41, 5.74) is 3.95. The molecule has 7 nitrogen and oxygen atoms in total. The lowest BCUT2D eigenvalue weighted by atomic mass is 9.95. The van der Waals surface area contributed by atoms with Crippen LogP contribution >= 0.6 is 34.5 Å². The molecule has 29 heavy (non-hydrogen) atoms. The van der Waals surface area contributed by atoms with E-state index in [1.807, 2.05) is 0 Å². The van der Waals surface area contributed by atoms with Gasteiger partial charge in [-0.1, -0.05) is 29.3 Å². The first kappa shape index (κ1) is 21.3. The molecule has 0 fully saturated rings. The maximum absolute atomic E-state index is 12.2. The Morgan fingerprint density at radius 1 is 1.14 bits per heavy atom. The van der Waals surface area contributed by atoms with E-state index in [4.69, 9.17) is 27.9 Å². The lowest BCUT2D eigenvalue weighted by molar-refractivity contribution is -0.136. The number of esters is 1. The molecule has 3 rings (SSSR count). The number of nitrogens with zero attached hydrogens (tertiary/aromatic N) is 1. The Hall–Kier alpha value is -2.42. The van der Waals surface area contributed by atoms with Crippen molar-refractivity contribution in [1.82, 2.24) is 5.43 Å². The molecule has 0 atom stereocenters. The number of amides is 2. The van der Waals surface area contributed by atoms with Crippen molar-refractivity contribution >= 4 is 63.5 Å². The van der Waals surface area contributed by atoms with Gasteiger partial charge in [0, 0.05) is 4.88 Å². The van der Waals surface area contributed by atoms with Crippen LogP contribution < -0.4 is 10.7 Å². The van der Waals surface area contributed by atoms with Gasteiger partial charge in [-0.25, -0.2) is 10.2 Å². The third-order valence-corrected chi connectivity index (χ3v) is 6.26. The second-order valence-electron chi connectivity index (χ2n) is 6.23. The molecule has 1 heterocycles. The normalized spacial score (nSPS) is 13.1. The van der Waals surface area contributed by atoms with Crippen LogP contribution in [0.15, 0.2) is 23.3 Å². The molecule has 0 aliphatic heterocycles. The number of anilines is 1. The van der Waals surface area contributed by atoms with Gasteiger partial charge in [0.2, 0.25) is 0 Å². The number of hydrogen-bond acceptors (Lipinski definition) is 6. The summed E-state index contributed by atoms with van der Waals surface area (Å²) in [6.07, 6.45) is 4.89. The molecule has 0 radical (unpaired) electrons. The fourth-order valence-corrected chi connectivity index (χ4v) is 4.52. The third kappa shape index (κ3) is 4.95. The molecule has 1 aromatic carbocycles. The second-order valence-corrected chi connectivity index (χ2v) is 8.15. The maximum atomic E-state index is 12.2. The summed E-state index contributed by atoms with van der Waals surface area (Å²) in [6.45, 7) is 0. The molecule has 10 heteroatoms. The number of benzene rings is 1. The number of fused-ring (bicyclic) bond motifs is 1. The number of rotatable bonds is 4. The summed E-state index contributed by atoms with van der Waals surface area (Å²) in [6, 6.07) is 4.81. The van der Waals surface area contributed by atoms with Gasteiger partial charge >= 0.3 is 17.8 Å². The van der Waals surface area contributed by atoms with Crippen LogP contribution in [0, 0.1) is 0 Å². The monoisotopic (exact) mass is 453 g/mol. The standard InChI is InChI=1S/C19H17Cl2N3O4S/c1-28-19(27)15-11-4-2-3-5-14(11)29-18(15)23-16(25)17(26)24-22-9-10-6-7-12(20)13(21)8-10/h6-9H,2-5H2,1H3,(H,23,25)(H,24,26)/b22-9-. The van der Waals surface area contributed by atoms with Crippen LogP contribution in [-0.4, -0.2) is 31.1 Å². The Morgan fingerprint density at radius 2 is 1.90 bits per heavy atom. The number of aryl methyl sites for hydroxylation is 1. The van der Waals surface area contributed by atoms with Crippen LogP contribution in [0.5, 0.6) is 0 Å². The van der Waals surface area contributed by atoms with Gasteiger partial charge in [0.1, 0.15) is 5.00 Å². The summed E-state index contributed by atoms with van der Waals surface area (Å²) in [5, 5.41) is 7.30. The number of nitrogens with one attached hydrogen (secondary N) is 2. The molecule has 1 aliphatic rings. The first-order valence-corrected chi connectivity index (χ1v) is 10.3. The second kappa shape index (κ2) is 9.39. The highest BCUT2D eigenvalue weighted by Gasteiger charge is 2.28. The first-order valence-electron chi connectivity index (χ1n) is 8.73. The van der Waals surface area contributed by atoms with Crippen molar-refractivity contribution in [3.05, 3.63) is 49.8 Å². The lowest BCUT2D eigenvalue weighted by Crippen LogP contribution is -2.32. The molecular weight excluding hydrogens is 437 g/mol. The van der Waals surface area contributed by atoms with Crippen molar-refractivity contribution in [2.75, 3.05) is 12.4 Å². The quantitative estimate of drug-likeness (QED) is 0.318. The van der Waals surface area contributed by atoms with Crippen molar-refractivity contribution in [2.24, 2.45) is 5.10 Å². The van der Waals surface area contributed by atoms with Crippen molar-refractivity contribution in [3.8, 4) is 0 Å². The molecular formula is C19H17Cl2N3O4S. The van der Waals surface area contributed by atoms with Gasteiger partial charge in [0.05, 0.1) is 28.9 Å². The number of halogens is 2. The smallest absolute Gasteiger partial charge is 0.341 e. The molecule has 2 N–H and O–H groups in total. The lowest BCUT2D eigenvalue weighted by Gasteiger charge is -2.11. The van der Waals surface area contributed by atoms with Crippen LogP contribution in [0.2, 0.25) is 10.0 Å². The Morgan fingerprint density at radius 3 is 2.62 bits per heavy atom. The van der Waals surface area contributed by atoms with Crippen LogP contribution in [0.25, 0.3) is 0 Å². The van der Waals surface area contributed by atoms with Crippen molar-refractivity contribution in [1.29, 1.82) is 0 Å². The van der Waals surface area contributed by atoms with Crippen molar-refractivity contribution in [2.45, 2.75) is 25.7 Å². The van der Waals surface area contributed by atoms with E-state index in [1.165, 1.54) is 24.7 Å². The third-order valence-electron chi connectivity index (χ3n) is 4.32. The van der Waals surface area contributed by atoms with E-state index in [0.29, 0.717) is 26.2 Å². The van der Waals surface area contributed by atoms with Gasteiger partial charge in [-0.2, -0.15) is 5.10 Å². The average Bonchev–Trinajstić information content (AvgIpc) is 3.07.